The normalized spacial score (nSPS) is 13.9. The molecule has 0 fully saturated rings. The smallest absolute Gasteiger partial charge is 0.0300 e. The lowest BCUT2D eigenvalue weighted by Crippen LogP contribution is -2.31. The summed E-state index contributed by atoms with van der Waals surface area (Å²) in [6, 6.07) is 2.69. The highest BCUT2D eigenvalue weighted by atomic mass is 32.1. The molecule has 0 saturated heterocycles. The molecule has 0 aliphatic heterocycles. The van der Waals surface area contributed by atoms with Crippen LogP contribution in [-0.2, 0) is 0 Å². The first kappa shape index (κ1) is 14.7. The summed E-state index contributed by atoms with van der Waals surface area (Å²) in [7, 11) is 0. The largest absolute Gasteiger partial charge is 0.310 e. The van der Waals surface area contributed by atoms with E-state index in [1.807, 2.05) is 0 Å². The fraction of sp³-hybridized carbons (Fsp3) is 0.733. The quantitative estimate of drug-likeness (QED) is 0.642. The van der Waals surface area contributed by atoms with Crippen LogP contribution >= 0.6 is 11.3 Å². The Kier molecular flexibility index (Phi) is 6.21. The summed E-state index contributed by atoms with van der Waals surface area (Å²) < 4.78 is 0. The van der Waals surface area contributed by atoms with Gasteiger partial charge < -0.3 is 5.32 Å². The summed E-state index contributed by atoms with van der Waals surface area (Å²) in [5.41, 5.74) is 1.83. The molecule has 0 bridgehead atoms. The minimum absolute atomic E-state index is 0.416. The number of thiophene rings is 1. The summed E-state index contributed by atoms with van der Waals surface area (Å²) in [5, 5.41) is 8.05. The van der Waals surface area contributed by atoms with Crippen molar-refractivity contribution in [1.82, 2.24) is 5.32 Å². The van der Waals surface area contributed by atoms with E-state index >= 15 is 0 Å². The van der Waals surface area contributed by atoms with E-state index in [4.69, 9.17) is 0 Å². The van der Waals surface area contributed by atoms with Crippen LogP contribution in [0.2, 0.25) is 0 Å². The van der Waals surface area contributed by atoms with Crippen molar-refractivity contribution in [3.63, 3.8) is 0 Å². The van der Waals surface area contributed by atoms with E-state index in [9.17, 15) is 0 Å². The van der Waals surface area contributed by atoms with Crippen LogP contribution in [0.15, 0.2) is 16.8 Å². The van der Waals surface area contributed by atoms with Crippen molar-refractivity contribution in [2.75, 3.05) is 6.54 Å². The van der Waals surface area contributed by atoms with Gasteiger partial charge in [0.05, 0.1) is 0 Å². The van der Waals surface area contributed by atoms with Crippen molar-refractivity contribution < 1.29 is 0 Å². The van der Waals surface area contributed by atoms with Crippen molar-refractivity contribution in [2.24, 2.45) is 5.41 Å². The Labute approximate surface area is 111 Å². The highest BCUT2D eigenvalue weighted by Gasteiger charge is 2.18. The average molecular weight is 253 g/mol. The summed E-state index contributed by atoms with van der Waals surface area (Å²) in [5.74, 6) is 0. The van der Waals surface area contributed by atoms with Gasteiger partial charge in [0.15, 0.2) is 0 Å². The number of rotatable bonds is 8. The highest BCUT2D eigenvalue weighted by molar-refractivity contribution is 7.07. The molecule has 17 heavy (non-hydrogen) atoms. The van der Waals surface area contributed by atoms with Crippen LogP contribution < -0.4 is 5.32 Å². The molecule has 0 aliphatic carbocycles. The molecular weight excluding hydrogens is 226 g/mol. The average Bonchev–Trinajstić information content (AvgIpc) is 2.80. The van der Waals surface area contributed by atoms with Gasteiger partial charge in [-0.05, 0) is 41.1 Å². The third-order valence-electron chi connectivity index (χ3n) is 3.39. The fourth-order valence-corrected chi connectivity index (χ4v) is 2.76. The Hall–Kier alpha value is -0.340. The molecule has 2 heteroatoms. The van der Waals surface area contributed by atoms with Crippen LogP contribution in [0.25, 0.3) is 0 Å². The molecular formula is C15H27NS. The molecule has 1 atom stereocenters. The van der Waals surface area contributed by atoms with E-state index in [1.54, 1.807) is 11.3 Å². The molecule has 1 N–H and O–H groups in total. The lowest BCUT2D eigenvalue weighted by molar-refractivity contribution is 0.291. The number of nitrogens with one attached hydrogen (secondary N) is 1. The lowest BCUT2D eigenvalue weighted by atomic mass is 9.86. The molecule has 0 saturated carbocycles. The van der Waals surface area contributed by atoms with Gasteiger partial charge in [-0.3, -0.25) is 0 Å². The van der Waals surface area contributed by atoms with Crippen molar-refractivity contribution in [3.05, 3.63) is 22.4 Å². The first-order valence-corrected chi connectivity index (χ1v) is 7.75. The van der Waals surface area contributed by atoms with Crippen LogP contribution in [0.1, 0.15) is 65.0 Å². The SMILES string of the molecule is CCCCCC(C)(C)CNC(C)c1ccsc1. The van der Waals surface area contributed by atoms with Gasteiger partial charge in [-0.2, -0.15) is 11.3 Å². The summed E-state index contributed by atoms with van der Waals surface area (Å²) in [6.07, 6.45) is 5.36. The van der Waals surface area contributed by atoms with Crippen LogP contribution in [-0.4, -0.2) is 6.54 Å². The molecule has 0 spiro atoms. The Balaban J connectivity index is 2.28. The van der Waals surface area contributed by atoms with Crippen LogP contribution in [0.3, 0.4) is 0 Å². The first-order valence-electron chi connectivity index (χ1n) is 6.80. The van der Waals surface area contributed by atoms with E-state index < -0.39 is 0 Å². The maximum Gasteiger partial charge on any atom is 0.0300 e. The molecule has 0 radical (unpaired) electrons. The molecule has 0 aliphatic rings. The summed E-state index contributed by atoms with van der Waals surface area (Å²) in [6.45, 7) is 10.4. The van der Waals surface area contributed by atoms with Crippen LogP contribution in [0.4, 0.5) is 0 Å². The predicted octanol–water partition coefficient (Wildman–Crippen LogP) is 5.01. The Morgan fingerprint density at radius 3 is 2.71 bits per heavy atom. The zero-order chi connectivity index (χ0) is 12.7. The second-order valence-corrected chi connectivity index (χ2v) is 6.56. The van der Waals surface area contributed by atoms with Gasteiger partial charge in [-0.25, -0.2) is 0 Å². The third kappa shape index (κ3) is 5.69. The fourth-order valence-electron chi connectivity index (χ4n) is 2.01. The standard InChI is InChI=1S/C15H27NS/c1-5-6-7-9-15(3,4)12-16-13(2)14-8-10-17-11-14/h8,10-11,13,16H,5-7,9,12H2,1-4H3. The second-order valence-electron chi connectivity index (χ2n) is 5.78. The maximum atomic E-state index is 3.66. The Morgan fingerprint density at radius 2 is 2.12 bits per heavy atom. The van der Waals surface area contributed by atoms with Crippen molar-refractivity contribution >= 4 is 11.3 Å². The van der Waals surface area contributed by atoms with Gasteiger partial charge in [0.1, 0.15) is 0 Å². The number of unbranched alkanes of at least 4 members (excludes halogenated alkanes) is 2. The van der Waals surface area contributed by atoms with Gasteiger partial charge >= 0.3 is 0 Å². The second kappa shape index (κ2) is 7.17. The van der Waals surface area contributed by atoms with Crippen LogP contribution in [0, 0.1) is 5.41 Å². The maximum absolute atomic E-state index is 3.66. The Bertz CT molecular complexity index is 290. The van der Waals surface area contributed by atoms with Crippen molar-refractivity contribution in [3.8, 4) is 0 Å². The molecule has 0 aromatic carbocycles. The molecule has 98 valence electrons. The van der Waals surface area contributed by atoms with Gasteiger partial charge in [0.2, 0.25) is 0 Å². The van der Waals surface area contributed by atoms with E-state index in [0.29, 0.717) is 11.5 Å². The molecule has 1 rings (SSSR count). The van der Waals surface area contributed by atoms with Gasteiger partial charge in [-0.15, -0.1) is 0 Å². The van der Waals surface area contributed by atoms with E-state index in [1.165, 1.54) is 31.2 Å². The monoisotopic (exact) mass is 253 g/mol. The van der Waals surface area contributed by atoms with Crippen LogP contribution in [0.5, 0.6) is 0 Å². The third-order valence-corrected chi connectivity index (χ3v) is 4.09. The minimum Gasteiger partial charge on any atom is -0.310 e. The van der Waals surface area contributed by atoms with Gasteiger partial charge in [0, 0.05) is 12.6 Å². The van der Waals surface area contributed by atoms with E-state index in [2.05, 4.69) is 49.8 Å². The molecule has 1 aromatic rings. The first-order chi connectivity index (χ1) is 8.05. The highest BCUT2D eigenvalue weighted by Crippen LogP contribution is 2.24. The molecule has 1 heterocycles. The minimum atomic E-state index is 0.416. The Morgan fingerprint density at radius 1 is 1.35 bits per heavy atom. The molecule has 1 nitrogen and oxygen atoms in total. The number of hydrogen-bond acceptors (Lipinski definition) is 2. The van der Waals surface area contributed by atoms with Gasteiger partial charge in [0.25, 0.3) is 0 Å². The van der Waals surface area contributed by atoms with E-state index in [0.717, 1.165) is 6.54 Å². The topological polar surface area (TPSA) is 12.0 Å². The summed E-state index contributed by atoms with van der Waals surface area (Å²) in [4.78, 5) is 0. The van der Waals surface area contributed by atoms with Crippen molar-refractivity contribution in [2.45, 2.75) is 59.4 Å². The molecule has 1 unspecified atom stereocenters. The zero-order valence-electron chi connectivity index (χ0n) is 11.8. The predicted molar refractivity (Wildman–Crippen MR) is 78.7 cm³/mol. The number of hydrogen-bond donors (Lipinski definition) is 1. The molecule has 1 aromatic heterocycles. The van der Waals surface area contributed by atoms with Gasteiger partial charge in [-0.1, -0.05) is 40.0 Å². The van der Waals surface area contributed by atoms with Crippen molar-refractivity contribution in [1.29, 1.82) is 0 Å². The lowest BCUT2D eigenvalue weighted by Gasteiger charge is -2.27. The zero-order valence-corrected chi connectivity index (χ0v) is 12.6. The van der Waals surface area contributed by atoms with E-state index in [-0.39, 0.29) is 0 Å². The molecule has 0 amide bonds. The summed E-state index contributed by atoms with van der Waals surface area (Å²) >= 11 is 1.78.